The summed E-state index contributed by atoms with van der Waals surface area (Å²) in [6.45, 7) is 7.11. The lowest BCUT2D eigenvalue weighted by molar-refractivity contribution is 0.354. The van der Waals surface area contributed by atoms with Crippen LogP contribution in [-0.4, -0.2) is 19.2 Å². The number of aryl methyl sites for hydroxylation is 3. The van der Waals surface area contributed by atoms with E-state index in [2.05, 4.69) is 10.3 Å². The van der Waals surface area contributed by atoms with Gasteiger partial charge in [0.1, 0.15) is 11.3 Å². The van der Waals surface area contributed by atoms with Crippen LogP contribution in [0, 0.1) is 20.8 Å². The highest BCUT2D eigenvalue weighted by atomic mass is 16.5. The van der Waals surface area contributed by atoms with Gasteiger partial charge < -0.3 is 23.6 Å². The van der Waals surface area contributed by atoms with Gasteiger partial charge in [-0.3, -0.25) is 4.98 Å². The zero-order chi connectivity index (χ0) is 25.4. The molecule has 0 atom stereocenters. The molecule has 1 N–H and O–H groups in total. The summed E-state index contributed by atoms with van der Waals surface area (Å²) in [7, 11) is 3.25. The van der Waals surface area contributed by atoms with Gasteiger partial charge in [-0.05, 0) is 61.2 Å². The summed E-state index contributed by atoms with van der Waals surface area (Å²) in [5.41, 5.74) is 6.48. The Morgan fingerprint density at radius 3 is 2.44 bits per heavy atom. The number of rotatable bonds is 7. The number of nitrogens with one attached hydrogen (secondary N) is 1. The molecule has 0 fully saturated rings. The number of furan rings is 1. The number of benzene rings is 2. The first-order chi connectivity index (χ1) is 17.4. The van der Waals surface area contributed by atoms with E-state index in [1.165, 1.54) is 6.07 Å². The topological polar surface area (TPSA) is 86.7 Å². The maximum Gasteiger partial charge on any atom is 0.336 e. The van der Waals surface area contributed by atoms with Crippen LogP contribution >= 0.6 is 0 Å². The first-order valence-corrected chi connectivity index (χ1v) is 11.7. The molecule has 5 rings (SSSR count). The SMILES string of the molecule is COc1ccc(CNCc2cnc(C)c3oc(-c4cc(=O)oc5c(C)c(C)ccc45)cc23)cc1OC. The third-order valence-corrected chi connectivity index (χ3v) is 6.61. The Morgan fingerprint density at radius 1 is 0.861 bits per heavy atom. The number of aromatic nitrogens is 1. The zero-order valence-electron chi connectivity index (χ0n) is 21.0. The van der Waals surface area contributed by atoms with Crippen LogP contribution < -0.4 is 20.4 Å². The van der Waals surface area contributed by atoms with Gasteiger partial charge >= 0.3 is 5.63 Å². The van der Waals surface area contributed by atoms with Crippen LogP contribution in [0.5, 0.6) is 11.5 Å². The van der Waals surface area contributed by atoms with Gasteiger partial charge in [0, 0.05) is 41.7 Å². The molecule has 0 aliphatic rings. The number of pyridine rings is 1. The molecule has 36 heavy (non-hydrogen) atoms. The summed E-state index contributed by atoms with van der Waals surface area (Å²) in [5, 5.41) is 5.28. The number of nitrogens with zero attached hydrogens (tertiary/aromatic N) is 1. The molecule has 0 aliphatic heterocycles. The van der Waals surface area contributed by atoms with Gasteiger partial charge in [-0.1, -0.05) is 18.2 Å². The van der Waals surface area contributed by atoms with E-state index >= 15 is 0 Å². The lowest BCUT2D eigenvalue weighted by atomic mass is 10.0. The van der Waals surface area contributed by atoms with Crippen LogP contribution in [0.1, 0.15) is 27.9 Å². The van der Waals surface area contributed by atoms with E-state index in [9.17, 15) is 4.79 Å². The third-order valence-electron chi connectivity index (χ3n) is 6.61. The van der Waals surface area contributed by atoms with Crippen molar-refractivity contribution in [1.82, 2.24) is 10.3 Å². The second-order valence-corrected chi connectivity index (χ2v) is 8.88. The van der Waals surface area contributed by atoms with Crippen molar-refractivity contribution in [2.75, 3.05) is 14.2 Å². The van der Waals surface area contributed by atoms with Crippen molar-refractivity contribution in [3.63, 3.8) is 0 Å². The molecular formula is C29H28N2O5. The van der Waals surface area contributed by atoms with E-state index < -0.39 is 5.63 Å². The largest absolute Gasteiger partial charge is 0.493 e. The Balaban J connectivity index is 1.48. The quantitative estimate of drug-likeness (QED) is 0.291. The number of methoxy groups -OCH3 is 2. The van der Waals surface area contributed by atoms with Crippen LogP contribution in [-0.2, 0) is 13.1 Å². The van der Waals surface area contributed by atoms with Crippen molar-refractivity contribution < 1.29 is 18.3 Å². The summed E-state index contributed by atoms with van der Waals surface area (Å²) in [6, 6.07) is 13.3. The van der Waals surface area contributed by atoms with Crippen molar-refractivity contribution in [3.05, 3.63) is 87.0 Å². The monoisotopic (exact) mass is 484 g/mol. The van der Waals surface area contributed by atoms with E-state index in [4.69, 9.17) is 18.3 Å². The summed E-state index contributed by atoms with van der Waals surface area (Å²) >= 11 is 0. The maximum atomic E-state index is 12.4. The minimum absolute atomic E-state index is 0.404. The number of fused-ring (bicyclic) bond motifs is 2. The molecule has 0 bridgehead atoms. The molecular weight excluding hydrogens is 456 g/mol. The van der Waals surface area contributed by atoms with Gasteiger partial charge in [0.05, 0.1) is 19.9 Å². The maximum absolute atomic E-state index is 12.4. The lowest BCUT2D eigenvalue weighted by Gasteiger charge is -2.10. The zero-order valence-corrected chi connectivity index (χ0v) is 21.0. The van der Waals surface area contributed by atoms with Crippen LogP contribution in [0.4, 0.5) is 0 Å². The summed E-state index contributed by atoms with van der Waals surface area (Å²) in [6.07, 6.45) is 1.86. The molecule has 0 radical (unpaired) electrons. The van der Waals surface area contributed by atoms with Gasteiger partial charge in [0.25, 0.3) is 0 Å². The van der Waals surface area contributed by atoms with Crippen LogP contribution in [0.3, 0.4) is 0 Å². The first kappa shape index (κ1) is 23.6. The summed E-state index contributed by atoms with van der Waals surface area (Å²) in [4.78, 5) is 16.9. The van der Waals surface area contributed by atoms with Gasteiger partial charge in [-0.15, -0.1) is 0 Å². The van der Waals surface area contributed by atoms with E-state index in [0.29, 0.717) is 47.1 Å². The number of ether oxygens (including phenoxy) is 2. The predicted molar refractivity (Wildman–Crippen MR) is 140 cm³/mol. The lowest BCUT2D eigenvalue weighted by Crippen LogP contribution is -2.13. The molecule has 7 nitrogen and oxygen atoms in total. The molecule has 2 aromatic carbocycles. The van der Waals surface area contributed by atoms with E-state index in [0.717, 1.165) is 38.7 Å². The molecule has 0 unspecified atom stereocenters. The molecule has 0 amide bonds. The van der Waals surface area contributed by atoms with Crippen LogP contribution in [0.15, 0.2) is 62.3 Å². The minimum atomic E-state index is -0.404. The van der Waals surface area contributed by atoms with Gasteiger partial charge in [-0.25, -0.2) is 4.79 Å². The second-order valence-electron chi connectivity index (χ2n) is 8.88. The van der Waals surface area contributed by atoms with Crippen LogP contribution in [0.25, 0.3) is 33.3 Å². The van der Waals surface area contributed by atoms with Gasteiger partial charge in [0.15, 0.2) is 17.1 Å². The highest BCUT2D eigenvalue weighted by molar-refractivity contribution is 5.97. The van der Waals surface area contributed by atoms with E-state index in [1.807, 2.05) is 63.4 Å². The fourth-order valence-electron chi connectivity index (χ4n) is 4.47. The molecule has 0 spiro atoms. The Hall–Kier alpha value is -4.10. The molecule has 3 aromatic heterocycles. The number of hydrogen-bond acceptors (Lipinski definition) is 7. The Kier molecular flexibility index (Phi) is 6.24. The highest BCUT2D eigenvalue weighted by Crippen LogP contribution is 2.35. The molecule has 0 aliphatic carbocycles. The Bertz CT molecular complexity index is 1650. The third kappa shape index (κ3) is 4.22. The predicted octanol–water partition coefficient (Wildman–Crippen LogP) is 5.83. The fourth-order valence-corrected chi connectivity index (χ4v) is 4.47. The molecule has 184 valence electrons. The van der Waals surface area contributed by atoms with Crippen molar-refractivity contribution in [1.29, 1.82) is 0 Å². The van der Waals surface area contributed by atoms with Crippen molar-refractivity contribution >= 4 is 21.9 Å². The van der Waals surface area contributed by atoms with E-state index in [-0.39, 0.29) is 0 Å². The summed E-state index contributed by atoms with van der Waals surface area (Å²) < 4.78 is 22.6. The van der Waals surface area contributed by atoms with Crippen LogP contribution in [0.2, 0.25) is 0 Å². The minimum Gasteiger partial charge on any atom is -0.493 e. The normalized spacial score (nSPS) is 11.4. The second kappa shape index (κ2) is 9.51. The highest BCUT2D eigenvalue weighted by Gasteiger charge is 2.17. The van der Waals surface area contributed by atoms with Crippen molar-refractivity contribution in [2.45, 2.75) is 33.9 Å². The molecule has 0 saturated heterocycles. The first-order valence-electron chi connectivity index (χ1n) is 11.7. The summed E-state index contributed by atoms with van der Waals surface area (Å²) in [5.74, 6) is 2.01. The molecule has 5 aromatic rings. The van der Waals surface area contributed by atoms with Gasteiger partial charge in [0.2, 0.25) is 0 Å². The molecule has 3 heterocycles. The molecule has 0 saturated carbocycles. The van der Waals surface area contributed by atoms with Crippen molar-refractivity contribution in [2.24, 2.45) is 0 Å². The van der Waals surface area contributed by atoms with Crippen molar-refractivity contribution in [3.8, 4) is 22.8 Å². The average Bonchev–Trinajstić information content (AvgIpc) is 3.34. The Labute approximate surface area is 208 Å². The smallest absolute Gasteiger partial charge is 0.336 e. The molecule has 7 heteroatoms. The van der Waals surface area contributed by atoms with E-state index in [1.54, 1.807) is 14.2 Å². The number of hydrogen-bond donors (Lipinski definition) is 1. The Morgan fingerprint density at radius 2 is 1.67 bits per heavy atom. The average molecular weight is 485 g/mol. The van der Waals surface area contributed by atoms with Gasteiger partial charge in [-0.2, -0.15) is 0 Å². The standard InChI is InChI=1S/C29H28N2O5/c1-16-6-8-21-23(12-27(32)36-28(21)17(16)2)25-11-22-20(15-31-18(3)29(22)35-25)14-30-13-19-7-9-24(33-4)26(10-19)34-5/h6-12,15,30H,13-14H2,1-5H3. The fraction of sp³-hybridized carbons (Fsp3) is 0.241.